The van der Waals surface area contributed by atoms with Gasteiger partial charge in [-0.2, -0.15) is 0 Å². The third-order valence-corrected chi connectivity index (χ3v) is 4.90. The quantitative estimate of drug-likeness (QED) is 0.597. The minimum atomic E-state index is -0.517. The smallest absolute Gasteiger partial charge is 0.268 e. The van der Waals surface area contributed by atoms with Crippen LogP contribution in [0.5, 0.6) is 0 Å². The van der Waals surface area contributed by atoms with Gasteiger partial charge in [0.2, 0.25) is 0 Å². The minimum absolute atomic E-state index is 0.284. The lowest BCUT2D eigenvalue weighted by atomic mass is 10.1. The number of hydrogen-bond acceptors (Lipinski definition) is 4. The van der Waals surface area contributed by atoms with Crippen LogP contribution in [0.1, 0.15) is 16.1 Å². The molecule has 0 aliphatic carbocycles. The molecule has 2 heterocycles. The lowest BCUT2D eigenvalue weighted by Gasteiger charge is -2.07. The standard InChI is InChI=1S/C20H15N3OS/c1-12-4-2-6-14(10-12)16-9-8-13-5-3-7-15(18(13)22-16)20-23-17(11-25-20)19(21)24/h2-11H,1H3,(H2,21,24). The van der Waals surface area contributed by atoms with Crippen molar-refractivity contribution in [1.82, 2.24) is 9.97 Å². The Hall–Kier alpha value is -3.05. The van der Waals surface area contributed by atoms with Gasteiger partial charge in [-0.15, -0.1) is 11.3 Å². The van der Waals surface area contributed by atoms with Gasteiger partial charge in [0.25, 0.3) is 5.91 Å². The number of primary amides is 1. The molecule has 1 amide bonds. The van der Waals surface area contributed by atoms with Crippen molar-refractivity contribution in [2.45, 2.75) is 6.92 Å². The molecule has 25 heavy (non-hydrogen) atoms. The fourth-order valence-electron chi connectivity index (χ4n) is 2.80. The van der Waals surface area contributed by atoms with Gasteiger partial charge in [-0.3, -0.25) is 4.79 Å². The first-order valence-electron chi connectivity index (χ1n) is 7.84. The molecule has 2 aromatic carbocycles. The van der Waals surface area contributed by atoms with Crippen LogP contribution in [-0.4, -0.2) is 15.9 Å². The Morgan fingerprint density at radius 3 is 2.64 bits per heavy atom. The highest BCUT2D eigenvalue weighted by atomic mass is 32.1. The third kappa shape index (κ3) is 2.90. The van der Waals surface area contributed by atoms with Crippen molar-refractivity contribution in [3.05, 3.63) is 71.2 Å². The summed E-state index contributed by atoms with van der Waals surface area (Å²) in [6.07, 6.45) is 0. The molecule has 0 radical (unpaired) electrons. The summed E-state index contributed by atoms with van der Waals surface area (Å²) in [5, 5.41) is 3.46. The van der Waals surface area contributed by atoms with E-state index >= 15 is 0 Å². The second-order valence-electron chi connectivity index (χ2n) is 5.85. The molecule has 0 saturated carbocycles. The number of thiazole rings is 1. The van der Waals surface area contributed by atoms with E-state index in [2.05, 4.69) is 36.2 Å². The van der Waals surface area contributed by atoms with E-state index in [1.54, 1.807) is 5.38 Å². The van der Waals surface area contributed by atoms with Gasteiger partial charge >= 0.3 is 0 Å². The van der Waals surface area contributed by atoms with Crippen LogP contribution >= 0.6 is 11.3 Å². The van der Waals surface area contributed by atoms with E-state index in [9.17, 15) is 4.79 Å². The van der Waals surface area contributed by atoms with E-state index in [4.69, 9.17) is 10.7 Å². The number of benzene rings is 2. The van der Waals surface area contributed by atoms with Crippen molar-refractivity contribution >= 4 is 28.1 Å². The maximum Gasteiger partial charge on any atom is 0.268 e. The highest BCUT2D eigenvalue weighted by Gasteiger charge is 2.13. The number of nitrogens with zero attached hydrogens (tertiary/aromatic N) is 2. The number of nitrogens with two attached hydrogens (primary N) is 1. The van der Waals surface area contributed by atoms with Crippen molar-refractivity contribution in [1.29, 1.82) is 0 Å². The molecular formula is C20H15N3OS. The minimum Gasteiger partial charge on any atom is -0.364 e. The van der Waals surface area contributed by atoms with Crippen LogP contribution in [0.2, 0.25) is 0 Å². The second-order valence-corrected chi connectivity index (χ2v) is 6.70. The Kier molecular flexibility index (Phi) is 3.78. The predicted octanol–water partition coefficient (Wildman–Crippen LogP) is 4.43. The summed E-state index contributed by atoms with van der Waals surface area (Å²) in [6, 6.07) is 18.3. The lowest BCUT2D eigenvalue weighted by Crippen LogP contribution is -2.10. The second kappa shape index (κ2) is 6.11. The molecular weight excluding hydrogens is 330 g/mol. The molecule has 0 atom stereocenters. The summed E-state index contributed by atoms with van der Waals surface area (Å²) in [4.78, 5) is 20.5. The SMILES string of the molecule is Cc1cccc(-c2ccc3cccc(-c4nc(C(N)=O)cs4)c3n2)c1. The topological polar surface area (TPSA) is 68.9 Å². The average molecular weight is 345 g/mol. The van der Waals surface area contributed by atoms with Crippen LogP contribution in [0.25, 0.3) is 32.7 Å². The number of aromatic nitrogens is 2. The molecule has 0 aliphatic rings. The van der Waals surface area contributed by atoms with Gasteiger partial charge in [0.15, 0.2) is 0 Å². The van der Waals surface area contributed by atoms with E-state index in [-0.39, 0.29) is 5.69 Å². The van der Waals surface area contributed by atoms with Crippen molar-refractivity contribution in [2.24, 2.45) is 5.73 Å². The summed E-state index contributed by atoms with van der Waals surface area (Å²) in [5.41, 5.74) is 10.6. The average Bonchev–Trinajstić information content (AvgIpc) is 3.11. The Bertz CT molecular complexity index is 1100. The Labute approximate surface area is 149 Å². The third-order valence-electron chi connectivity index (χ3n) is 4.02. The highest BCUT2D eigenvalue weighted by Crippen LogP contribution is 2.31. The molecule has 2 N–H and O–H groups in total. The summed E-state index contributed by atoms with van der Waals surface area (Å²) in [7, 11) is 0. The molecule has 4 nitrogen and oxygen atoms in total. The van der Waals surface area contributed by atoms with E-state index in [0.29, 0.717) is 0 Å². The molecule has 0 aliphatic heterocycles. The fraction of sp³-hybridized carbons (Fsp3) is 0.0500. The predicted molar refractivity (Wildman–Crippen MR) is 102 cm³/mol. The highest BCUT2D eigenvalue weighted by molar-refractivity contribution is 7.13. The van der Waals surface area contributed by atoms with Crippen LogP contribution in [0.15, 0.2) is 60.0 Å². The fourth-order valence-corrected chi connectivity index (χ4v) is 3.63. The van der Waals surface area contributed by atoms with Crippen molar-refractivity contribution in [3.8, 4) is 21.8 Å². The first kappa shape index (κ1) is 15.5. The number of pyridine rings is 1. The lowest BCUT2D eigenvalue weighted by molar-refractivity contribution is 0.0996. The van der Waals surface area contributed by atoms with Gasteiger partial charge in [0.05, 0.1) is 11.2 Å². The first-order chi connectivity index (χ1) is 12.1. The van der Waals surface area contributed by atoms with E-state index in [0.717, 1.165) is 32.7 Å². The largest absolute Gasteiger partial charge is 0.364 e. The molecule has 5 heteroatoms. The number of carbonyl (C=O) groups is 1. The summed E-state index contributed by atoms with van der Waals surface area (Å²) in [6.45, 7) is 2.07. The number of fused-ring (bicyclic) bond motifs is 1. The molecule has 0 saturated heterocycles. The van der Waals surface area contributed by atoms with Crippen molar-refractivity contribution < 1.29 is 4.79 Å². The van der Waals surface area contributed by atoms with E-state index in [1.165, 1.54) is 16.9 Å². The number of para-hydroxylation sites is 1. The molecule has 122 valence electrons. The van der Waals surface area contributed by atoms with E-state index in [1.807, 2.05) is 30.3 Å². The molecule has 2 aromatic heterocycles. The number of amides is 1. The van der Waals surface area contributed by atoms with Crippen LogP contribution in [-0.2, 0) is 0 Å². The molecule has 0 fully saturated rings. The summed E-state index contributed by atoms with van der Waals surface area (Å²) in [5.74, 6) is -0.517. The summed E-state index contributed by atoms with van der Waals surface area (Å²) >= 11 is 1.40. The Morgan fingerprint density at radius 1 is 1.04 bits per heavy atom. The van der Waals surface area contributed by atoms with Gasteiger partial charge in [-0.05, 0) is 25.1 Å². The van der Waals surface area contributed by atoms with Gasteiger partial charge in [-0.25, -0.2) is 9.97 Å². The molecule has 4 rings (SSSR count). The van der Waals surface area contributed by atoms with Crippen LogP contribution in [0.3, 0.4) is 0 Å². The number of aryl methyl sites for hydroxylation is 1. The first-order valence-corrected chi connectivity index (χ1v) is 8.72. The number of hydrogen-bond donors (Lipinski definition) is 1. The van der Waals surface area contributed by atoms with Gasteiger partial charge in [-0.1, -0.05) is 42.0 Å². The molecule has 4 aromatic rings. The number of carbonyl (C=O) groups excluding carboxylic acids is 1. The van der Waals surface area contributed by atoms with Gasteiger partial charge in [0.1, 0.15) is 10.7 Å². The van der Waals surface area contributed by atoms with Crippen molar-refractivity contribution in [2.75, 3.05) is 0 Å². The molecule has 0 spiro atoms. The summed E-state index contributed by atoms with van der Waals surface area (Å²) < 4.78 is 0. The van der Waals surface area contributed by atoms with E-state index < -0.39 is 5.91 Å². The van der Waals surface area contributed by atoms with Crippen LogP contribution in [0.4, 0.5) is 0 Å². The molecule has 0 unspecified atom stereocenters. The monoisotopic (exact) mass is 345 g/mol. The normalized spacial score (nSPS) is 10.9. The Morgan fingerprint density at radius 2 is 1.88 bits per heavy atom. The van der Waals surface area contributed by atoms with Gasteiger partial charge in [0, 0.05) is 21.9 Å². The van der Waals surface area contributed by atoms with Crippen LogP contribution in [0, 0.1) is 6.92 Å². The van der Waals surface area contributed by atoms with Crippen molar-refractivity contribution in [3.63, 3.8) is 0 Å². The zero-order valence-corrected chi connectivity index (χ0v) is 14.4. The maximum absolute atomic E-state index is 11.3. The Balaban J connectivity index is 1.90. The van der Waals surface area contributed by atoms with Crippen LogP contribution < -0.4 is 5.73 Å². The molecule has 0 bridgehead atoms. The maximum atomic E-state index is 11.3. The number of rotatable bonds is 3. The zero-order valence-electron chi connectivity index (χ0n) is 13.6. The zero-order chi connectivity index (χ0) is 17.4. The van der Waals surface area contributed by atoms with Gasteiger partial charge < -0.3 is 5.73 Å².